The first-order valence-electron chi connectivity index (χ1n) is 10.5. The molecule has 0 atom stereocenters. The second kappa shape index (κ2) is 9.93. The van der Waals surface area contributed by atoms with E-state index < -0.39 is 32.4 Å². The van der Waals surface area contributed by atoms with Gasteiger partial charge in [0.05, 0.1) is 20.8 Å². The zero-order valence-corrected chi connectivity index (χ0v) is 18.9. The van der Waals surface area contributed by atoms with Crippen LogP contribution in [0.5, 0.6) is 11.5 Å². The molecule has 0 spiro atoms. The quantitative estimate of drug-likeness (QED) is 0.313. The molecule has 0 radical (unpaired) electrons. The molecular formula is C22H18N4O8S. The topological polar surface area (TPSA) is 153 Å². The van der Waals surface area contributed by atoms with Crippen LogP contribution in [-0.4, -0.2) is 56.3 Å². The van der Waals surface area contributed by atoms with Crippen LogP contribution in [0.4, 0.5) is 16.2 Å². The van der Waals surface area contributed by atoms with E-state index in [1.54, 1.807) is 17.0 Å². The highest BCUT2D eigenvalue weighted by Gasteiger charge is 2.37. The Bertz CT molecular complexity index is 1270. The van der Waals surface area contributed by atoms with Crippen molar-refractivity contribution in [3.63, 3.8) is 0 Å². The molecule has 12 nitrogen and oxygen atoms in total. The number of non-ortho nitro benzene ring substituents is 1. The number of hydrogen-bond donors (Lipinski definition) is 0. The van der Waals surface area contributed by atoms with Gasteiger partial charge >= 0.3 is 5.69 Å². The second-order valence-electron chi connectivity index (χ2n) is 7.70. The average molecular weight is 498 g/mol. The lowest BCUT2D eigenvalue weighted by atomic mass is 10.2. The van der Waals surface area contributed by atoms with Gasteiger partial charge < -0.3 is 9.64 Å². The number of nitro groups is 2. The number of rotatable bonds is 7. The number of imide groups is 1. The summed E-state index contributed by atoms with van der Waals surface area (Å²) in [6, 6.07) is 9.26. The summed E-state index contributed by atoms with van der Waals surface area (Å²) in [7, 11) is 0. The van der Waals surface area contributed by atoms with Gasteiger partial charge in [0.2, 0.25) is 11.7 Å². The van der Waals surface area contributed by atoms with Gasteiger partial charge in [-0.3, -0.25) is 39.5 Å². The molecule has 0 aliphatic carbocycles. The number of benzene rings is 2. The Morgan fingerprint density at radius 2 is 1.80 bits per heavy atom. The molecule has 3 amide bonds. The van der Waals surface area contributed by atoms with Crippen molar-refractivity contribution in [3.05, 3.63) is 73.2 Å². The van der Waals surface area contributed by atoms with Crippen LogP contribution in [0.25, 0.3) is 6.08 Å². The Hall–Kier alpha value is -4.26. The van der Waals surface area contributed by atoms with E-state index in [4.69, 9.17) is 4.74 Å². The van der Waals surface area contributed by atoms with E-state index in [0.29, 0.717) is 30.4 Å². The maximum atomic E-state index is 12.7. The lowest BCUT2D eigenvalue weighted by Gasteiger charge is -2.18. The Balaban J connectivity index is 1.51. The molecule has 0 saturated carbocycles. The van der Waals surface area contributed by atoms with Crippen LogP contribution in [0.1, 0.15) is 18.4 Å². The highest BCUT2D eigenvalue weighted by molar-refractivity contribution is 8.18. The largest absolute Gasteiger partial charge is 0.450 e. The third-order valence-electron chi connectivity index (χ3n) is 5.36. The van der Waals surface area contributed by atoms with Crippen LogP contribution in [0, 0.1) is 20.2 Å². The van der Waals surface area contributed by atoms with Gasteiger partial charge in [0.25, 0.3) is 16.8 Å². The summed E-state index contributed by atoms with van der Waals surface area (Å²) < 4.78 is 5.58. The molecule has 2 saturated heterocycles. The summed E-state index contributed by atoms with van der Waals surface area (Å²) in [4.78, 5) is 60.8. The Kier molecular flexibility index (Phi) is 6.78. The number of likely N-dealkylation sites (tertiary alicyclic amines) is 1. The van der Waals surface area contributed by atoms with Crippen molar-refractivity contribution < 1.29 is 29.0 Å². The molecule has 0 N–H and O–H groups in total. The van der Waals surface area contributed by atoms with Gasteiger partial charge in [-0.15, -0.1) is 0 Å². The fraction of sp³-hybridized carbons (Fsp3) is 0.227. The number of carbonyl (C=O) groups excluding carboxylic acids is 3. The van der Waals surface area contributed by atoms with E-state index in [2.05, 4.69) is 0 Å². The maximum absolute atomic E-state index is 12.7. The van der Waals surface area contributed by atoms with E-state index in [9.17, 15) is 34.6 Å². The van der Waals surface area contributed by atoms with Gasteiger partial charge in [-0.2, -0.15) is 0 Å². The molecule has 2 aliphatic heterocycles. The molecule has 0 bridgehead atoms. The average Bonchev–Trinajstić information content (AvgIpc) is 3.44. The molecular weight excluding hydrogens is 480 g/mol. The Labute approximate surface area is 202 Å². The van der Waals surface area contributed by atoms with Gasteiger partial charge in [0.1, 0.15) is 12.3 Å². The van der Waals surface area contributed by atoms with Crippen LogP contribution < -0.4 is 4.74 Å². The van der Waals surface area contributed by atoms with Gasteiger partial charge in [-0.25, -0.2) is 0 Å². The molecule has 0 unspecified atom stereocenters. The normalized spacial score (nSPS) is 16.7. The number of thioether (sulfide) groups is 1. The molecule has 0 aromatic heterocycles. The Morgan fingerprint density at radius 1 is 1.06 bits per heavy atom. The summed E-state index contributed by atoms with van der Waals surface area (Å²) in [6.07, 6.45) is 3.26. The van der Waals surface area contributed by atoms with Crippen molar-refractivity contribution in [2.75, 3.05) is 19.6 Å². The highest BCUT2D eigenvalue weighted by atomic mass is 32.2. The predicted molar refractivity (Wildman–Crippen MR) is 125 cm³/mol. The minimum absolute atomic E-state index is 0.127. The van der Waals surface area contributed by atoms with Gasteiger partial charge in [-0.05, 0) is 54.4 Å². The number of carbonyl (C=O) groups is 3. The van der Waals surface area contributed by atoms with E-state index in [1.807, 2.05) is 0 Å². The van der Waals surface area contributed by atoms with Crippen molar-refractivity contribution in [2.45, 2.75) is 12.8 Å². The molecule has 13 heteroatoms. The van der Waals surface area contributed by atoms with Crippen LogP contribution in [-0.2, 0) is 9.59 Å². The number of amides is 3. The minimum Gasteiger partial charge on any atom is -0.450 e. The van der Waals surface area contributed by atoms with Crippen LogP contribution in [0.15, 0.2) is 47.4 Å². The first-order chi connectivity index (χ1) is 16.7. The first kappa shape index (κ1) is 23.9. The zero-order valence-electron chi connectivity index (χ0n) is 18.1. The third-order valence-corrected chi connectivity index (χ3v) is 6.27. The van der Waals surface area contributed by atoms with E-state index in [1.165, 1.54) is 18.2 Å². The molecule has 2 aromatic rings. The summed E-state index contributed by atoms with van der Waals surface area (Å²) in [5, 5.41) is 21.7. The first-order valence-corrected chi connectivity index (χ1v) is 11.3. The lowest BCUT2D eigenvalue weighted by molar-refractivity contribution is -0.394. The maximum Gasteiger partial charge on any atom is 0.318 e. The predicted octanol–water partition coefficient (Wildman–Crippen LogP) is 3.95. The number of nitro benzene ring substituents is 2. The summed E-state index contributed by atoms with van der Waals surface area (Å²) in [5.74, 6) is -0.867. The lowest BCUT2D eigenvalue weighted by Crippen LogP contribution is -2.40. The number of nitrogens with zero attached hydrogens (tertiary/aromatic N) is 4. The van der Waals surface area contributed by atoms with Crippen LogP contribution in [0.3, 0.4) is 0 Å². The molecule has 2 fully saturated rings. The van der Waals surface area contributed by atoms with Crippen molar-refractivity contribution in [1.29, 1.82) is 0 Å². The standard InChI is InChI=1S/C22H18N4O8S/c27-20(23-8-1-2-9-23)13-24-21(28)19(35-22(24)29)11-14-4-3-5-16(10-14)34-18-7-6-15(25(30)31)12-17(18)26(32)33/h3-7,10-12H,1-2,8-9,13H2/b19-11+. The second-order valence-corrected chi connectivity index (χ2v) is 8.69. The molecule has 4 rings (SSSR count). The summed E-state index contributed by atoms with van der Waals surface area (Å²) in [6.45, 7) is 0.921. The van der Waals surface area contributed by atoms with Crippen molar-refractivity contribution in [1.82, 2.24) is 9.80 Å². The highest BCUT2D eigenvalue weighted by Crippen LogP contribution is 2.36. The monoisotopic (exact) mass is 498 g/mol. The third kappa shape index (κ3) is 5.30. The zero-order chi connectivity index (χ0) is 25.1. The number of hydrogen-bond acceptors (Lipinski definition) is 9. The molecule has 2 aliphatic rings. The molecule has 35 heavy (non-hydrogen) atoms. The van der Waals surface area contributed by atoms with Gasteiger partial charge in [0, 0.05) is 19.2 Å². The van der Waals surface area contributed by atoms with Crippen molar-refractivity contribution in [3.8, 4) is 11.5 Å². The van der Waals surface area contributed by atoms with Gasteiger partial charge in [-0.1, -0.05) is 12.1 Å². The SMILES string of the molecule is O=C(CN1C(=O)S/C(=C/c2cccc(Oc3ccc([N+](=O)[O-])cc3[N+](=O)[O-])c2)C1=O)N1CCCC1. The van der Waals surface area contributed by atoms with E-state index >= 15 is 0 Å². The molecule has 2 heterocycles. The van der Waals surface area contributed by atoms with Crippen LogP contribution in [0.2, 0.25) is 0 Å². The summed E-state index contributed by atoms with van der Waals surface area (Å²) >= 11 is 0.715. The fourth-order valence-electron chi connectivity index (χ4n) is 3.63. The van der Waals surface area contributed by atoms with Crippen LogP contribution >= 0.6 is 11.8 Å². The van der Waals surface area contributed by atoms with E-state index in [-0.39, 0.29) is 28.9 Å². The molecule has 180 valence electrons. The summed E-state index contributed by atoms with van der Waals surface area (Å²) in [5.41, 5.74) is -0.548. The molecule has 2 aromatic carbocycles. The fourth-order valence-corrected chi connectivity index (χ4v) is 4.47. The number of ether oxygens (including phenoxy) is 1. The van der Waals surface area contributed by atoms with E-state index in [0.717, 1.165) is 35.9 Å². The van der Waals surface area contributed by atoms with Gasteiger partial charge in [0.15, 0.2) is 0 Å². The smallest absolute Gasteiger partial charge is 0.318 e. The minimum atomic E-state index is -0.786. The Morgan fingerprint density at radius 3 is 2.49 bits per heavy atom. The van der Waals surface area contributed by atoms with Crippen molar-refractivity contribution >= 4 is 46.3 Å². The van der Waals surface area contributed by atoms with Crippen molar-refractivity contribution in [2.24, 2.45) is 0 Å².